The van der Waals surface area contributed by atoms with Crippen LogP contribution in [0.1, 0.15) is 26.2 Å². The number of ether oxygens (including phenoxy) is 1. The Kier molecular flexibility index (Phi) is 4.64. The van der Waals surface area contributed by atoms with Crippen molar-refractivity contribution in [2.45, 2.75) is 32.2 Å². The van der Waals surface area contributed by atoms with Crippen LogP contribution in [-0.2, 0) is 4.79 Å². The van der Waals surface area contributed by atoms with Crippen LogP contribution < -0.4 is 4.74 Å². The zero-order valence-corrected chi connectivity index (χ0v) is 12.1. The summed E-state index contributed by atoms with van der Waals surface area (Å²) in [5.74, 6) is 0.800. The topological polar surface area (TPSA) is 29.5 Å². The van der Waals surface area contributed by atoms with Gasteiger partial charge in [0, 0.05) is 12.6 Å². The standard InChI is InChI=1S/C14H18BrNO2/c1-11-6-4-5-9-16(11)14(17)10-18-13-8-3-2-7-12(13)15/h2-3,7-8,11H,4-6,9-10H2,1H3. The highest BCUT2D eigenvalue weighted by molar-refractivity contribution is 9.10. The fraction of sp³-hybridized carbons (Fsp3) is 0.500. The Labute approximate surface area is 116 Å². The lowest BCUT2D eigenvalue weighted by Gasteiger charge is -2.33. The van der Waals surface area contributed by atoms with Gasteiger partial charge in [-0.1, -0.05) is 12.1 Å². The monoisotopic (exact) mass is 311 g/mol. The summed E-state index contributed by atoms with van der Waals surface area (Å²) in [5.41, 5.74) is 0. The van der Waals surface area contributed by atoms with Gasteiger partial charge in [-0.3, -0.25) is 4.79 Å². The largest absolute Gasteiger partial charge is 0.483 e. The van der Waals surface area contributed by atoms with Crippen LogP contribution in [0.15, 0.2) is 28.7 Å². The van der Waals surface area contributed by atoms with E-state index in [1.165, 1.54) is 6.42 Å². The fourth-order valence-electron chi connectivity index (χ4n) is 2.25. The molecule has 1 unspecified atom stereocenters. The molecule has 0 N–H and O–H groups in total. The van der Waals surface area contributed by atoms with Crippen LogP contribution in [0.3, 0.4) is 0 Å². The molecule has 1 saturated heterocycles. The molecule has 1 aliphatic heterocycles. The maximum absolute atomic E-state index is 12.1. The van der Waals surface area contributed by atoms with Crippen molar-refractivity contribution in [3.05, 3.63) is 28.7 Å². The molecule has 1 aromatic rings. The summed E-state index contributed by atoms with van der Waals surface area (Å²) in [6, 6.07) is 7.92. The van der Waals surface area contributed by atoms with Gasteiger partial charge >= 0.3 is 0 Å². The van der Waals surface area contributed by atoms with E-state index >= 15 is 0 Å². The van der Waals surface area contributed by atoms with E-state index in [9.17, 15) is 4.79 Å². The van der Waals surface area contributed by atoms with Crippen LogP contribution in [-0.4, -0.2) is 30.0 Å². The van der Waals surface area contributed by atoms with Crippen LogP contribution in [0.5, 0.6) is 5.75 Å². The Balaban J connectivity index is 1.90. The van der Waals surface area contributed by atoms with Gasteiger partial charge in [0.05, 0.1) is 4.47 Å². The minimum absolute atomic E-state index is 0.0814. The number of carbonyl (C=O) groups is 1. The van der Waals surface area contributed by atoms with Gasteiger partial charge in [-0.05, 0) is 54.2 Å². The summed E-state index contributed by atoms with van der Waals surface area (Å²) in [7, 11) is 0. The van der Waals surface area contributed by atoms with Gasteiger partial charge in [0.15, 0.2) is 6.61 Å². The van der Waals surface area contributed by atoms with Crippen LogP contribution >= 0.6 is 15.9 Å². The minimum atomic E-state index is 0.0814. The number of likely N-dealkylation sites (tertiary alicyclic amines) is 1. The first-order valence-electron chi connectivity index (χ1n) is 6.35. The Morgan fingerprint density at radius 3 is 2.94 bits per heavy atom. The molecule has 0 spiro atoms. The summed E-state index contributed by atoms with van der Waals surface area (Å²) in [6.45, 7) is 3.09. The molecule has 0 aliphatic carbocycles. The van der Waals surface area contributed by atoms with Crippen molar-refractivity contribution < 1.29 is 9.53 Å². The number of nitrogens with zero attached hydrogens (tertiary/aromatic N) is 1. The maximum Gasteiger partial charge on any atom is 0.260 e. The number of amides is 1. The van der Waals surface area contributed by atoms with Crippen molar-refractivity contribution in [1.29, 1.82) is 0 Å². The first-order chi connectivity index (χ1) is 8.68. The van der Waals surface area contributed by atoms with Crippen molar-refractivity contribution in [2.24, 2.45) is 0 Å². The SMILES string of the molecule is CC1CCCCN1C(=O)COc1ccccc1Br. The molecule has 0 bridgehead atoms. The molecule has 1 aromatic carbocycles. The molecule has 4 heteroatoms. The minimum Gasteiger partial charge on any atom is -0.483 e. The molecular weight excluding hydrogens is 294 g/mol. The van der Waals surface area contributed by atoms with E-state index in [2.05, 4.69) is 22.9 Å². The fourth-order valence-corrected chi connectivity index (χ4v) is 2.65. The number of hydrogen-bond acceptors (Lipinski definition) is 2. The predicted molar refractivity (Wildman–Crippen MR) is 74.7 cm³/mol. The molecule has 2 rings (SSSR count). The maximum atomic E-state index is 12.1. The summed E-state index contributed by atoms with van der Waals surface area (Å²) in [6.07, 6.45) is 3.42. The van der Waals surface area contributed by atoms with E-state index in [0.29, 0.717) is 6.04 Å². The lowest BCUT2D eigenvalue weighted by Crippen LogP contribution is -2.44. The Hall–Kier alpha value is -1.03. The Morgan fingerprint density at radius 1 is 1.44 bits per heavy atom. The van der Waals surface area contributed by atoms with Crippen LogP contribution in [0, 0.1) is 0 Å². The summed E-state index contributed by atoms with van der Waals surface area (Å²) in [4.78, 5) is 14.0. The highest BCUT2D eigenvalue weighted by atomic mass is 79.9. The number of piperidine rings is 1. The molecular formula is C14H18BrNO2. The number of hydrogen-bond donors (Lipinski definition) is 0. The molecule has 0 aromatic heterocycles. The summed E-state index contributed by atoms with van der Waals surface area (Å²) >= 11 is 3.40. The molecule has 0 radical (unpaired) electrons. The van der Waals surface area contributed by atoms with E-state index in [1.54, 1.807) is 0 Å². The van der Waals surface area contributed by atoms with Gasteiger partial charge in [-0.25, -0.2) is 0 Å². The second-order valence-electron chi connectivity index (χ2n) is 4.65. The third-order valence-electron chi connectivity index (χ3n) is 3.31. The van der Waals surface area contributed by atoms with Gasteiger partial charge in [0.25, 0.3) is 5.91 Å². The van der Waals surface area contributed by atoms with Crippen LogP contribution in [0.4, 0.5) is 0 Å². The molecule has 1 aliphatic rings. The van der Waals surface area contributed by atoms with E-state index in [1.807, 2.05) is 29.2 Å². The Bertz CT molecular complexity index is 422. The number of para-hydroxylation sites is 1. The molecule has 1 amide bonds. The van der Waals surface area contributed by atoms with Crippen molar-refractivity contribution >= 4 is 21.8 Å². The normalized spacial score (nSPS) is 19.7. The number of rotatable bonds is 3. The Morgan fingerprint density at radius 2 is 2.22 bits per heavy atom. The highest BCUT2D eigenvalue weighted by Gasteiger charge is 2.23. The third kappa shape index (κ3) is 3.25. The zero-order chi connectivity index (χ0) is 13.0. The van der Waals surface area contributed by atoms with Crippen molar-refractivity contribution in [1.82, 2.24) is 4.90 Å². The van der Waals surface area contributed by atoms with Gasteiger partial charge in [-0.2, -0.15) is 0 Å². The van der Waals surface area contributed by atoms with Crippen molar-refractivity contribution in [2.75, 3.05) is 13.2 Å². The summed E-state index contributed by atoms with van der Waals surface area (Å²) < 4.78 is 6.44. The van der Waals surface area contributed by atoms with Crippen molar-refractivity contribution in [3.63, 3.8) is 0 Å². The van der Waals surface area contributed by atoms with Crippen molar-refractivity contribution in [3.8, 4) is 5.75 Å². The summed E-state index contributed by atoms with van der Waals surface area (Å²) in [5, 5.41) is 0. The number of halogens is 1. The zero-order valence-electron chi connectivity index (χ0n) is 10.6. The third-order valence-corrected chi connectivity index (χ3v) is 3.97. The van der Waals surface area contributed by atoms with Gasteiger partial charge < -0.3 is 9.64 Å². The molecule has 18 heavy (non-hydrogen) atoms. The second-order valence-corrected chi connectivity index (χ2v) is 5.51. The average Bonchev–Trinajstić information content (AvgIpc) is 2.38. The van der Waals surface area contributed by atoms with E-state index < -0.39 is 0 Å². The molecule has 1 fully saturated rings. The molecule has 1 atom stereocenters. The second kappa shape index (κ2) is 6.23. The molecule has 0 saturated carbocycles. The van der Waals surface area contributed by atoms with E-state index in [-0.39, 0.29) is 12.5 Å². The van der Waals surface area contributed by atoms with Gasteiger partial charge in [-0.15, -0.1) is 0 Å². The molecule has 1 heterocycles. The first kappa shape index (κ1) is 13.4. The smallest absolute Gasteiger partial charge is 0.260 e. The quantitative estimate of drug-likeness (QED) is 0.857. The lowest BCUT2D eigenvalue weighted by molar-refractivity contribution is -0.136. The highest BCUT2D eigenvalue weighted by Crippen LogP contribution is 2.24. The number of benzene rings is 1. The van der Waals surface area contributed by atoms with Gasteiger partial charge in [0.2, 0.25) is 0 Å². The van der Waals surface area contributed by atoms with Crippen LogP contribution in [0.2, 0.25) is 0 Å². The average molecular weight is 312 g/mol. The van der Waals surface area contributed by atoms with Crippen LogP contribution in [0.25, 0.3) is 0 Å². The number of carbonyl (C=O) groups excluding carboxylic acids is 1. The van der Waals surface area contributed by atoms with E-state index in [4.69, 9.17) is 4.74 Å². The van der Waals surface area contributed by atoms with Gasteiger partial charge in [0.1, 0.15) is 5.75 Å². The molecule has 3 nitrogen and oxygen atoms in total. The van der Waals surface area contributed by atoms with E-state index in [0.717, 1.165) is 29.6 Å². The first-order valence-corrected chi connectivity index (χ1v) is 7.14. The lowest BCUT2D eigenvalue weighted by atomic mass is 10.0. The predicted octanol–water partition coefficient (Wildman–Crippen LogP) is 3.23. The molecule has 98 valence electrons.